The van der Waals surface area contributed by atoms with Crippen LogP contribution >= 0.6 is 0 Å². The third-order valence-electron chi connectivity index (χ3n) is 4.63. The van der Waals surface area contributed by atoms with Crippen molar-refractivity contribution >= 4 is 17.4 Å². The Kier molecular flexibility index (Phi) is 4.16. The molecule has 134 valence electrons. The van der Waals surface area contributed by atoms with Crippen molar-refractivity contribution in [2.75, 3.05) is 38.2 Å². The van der Waals surface area contributed by atoms with Crippen molar-refractivity contribution in [1.82, 2.24) is 24.7 Å². The van der Waals surface area contributed by atoms with E-state index in [2.05, 4.69) is 20.2 Å². The van der Waals surface area contributed by atoms with Crippen LogP contribution in [0.1, 0.15) is 16.2 Å². The molecule has 1 amide bonds. The van der Waals surface area contributed by atoms with Crippen LogP contribution in [0.4, 0.5) is 5.82 Å². The minimum Gasteiger partial charge on any atom is -0.497 e. The maximum absolute atomic E-state index is 12.7. The number of hydrogen-bond donors (Lipinski definition) is 0. The Labute approximate surface area is 151 Å². The zero-order valence-corrected chi connectivity index (χ0v) is 14.8. The van der Waals surface area contributed by atoms with Crippen LogP contribution < -0.4 is 9.64 Å². The van der Waals surface area contributed by atoms with Gasteiger partial charge in [-0.15, -0.1) is 15.3 Å². The monoisotopic (exact) mass is 352 g/mol. The second-order valence-electron chi connectivity index (χ2n) is 6.22. The number of carbonyl (C=O) groups is 1. The fourth-order valence-corrected chi connectivity index (χ4v) is 3.11. The molecule has 2 aromatic heterocycles. The highest BCUT2D eigenvalue weighted by Gasteiger charge is 2.23. The van der Waals surface area contributed by atoms with E-state index < -0.39 is 0 Å². The first-order valence-electron chi connectivity index (χ1n) is 8.53. The Bertz CT molecular complexity index is 929. The molecule has 8 nitrogen and oxygen atoms in total. The topological polar surface area (TPSA) is 75.9 Å². The number of piperazine rings is 1. The summed E-state index contributed by atoms with van der Waals surface area (Å²) in [6.07, 6.45) is 0. The normalized spacial score (nSPS) is 14.7. The van der Waals surface area contributed by atoms with Crippen LogP contribution in [0.3, 0.4) is 0 Å². The summed E-state index contributed by atoms with van der Waals surface area (Å²) in [6, 6.07) is 11.1. The Balaban J connectivity index is 1.44. The molecule has 0 N–H and O–H groups in total. The smallest absolute Gasteiger partial charge is 0.253 e. The second-order valence-corrected chi connectivity index (χ2v) is 6.22. The highest BCUT2D eigenvalue weighted by Crippen LogP contribution is 2.17. The lowest BCUT2D eigenvalue weighted by atomic mass is 10.1. The first-order valence-corrected chi connectivity index (χ1v) is 8.53. The Morgan fingerprint density at radius 1 is 1.00 bits per heavy atom. The molecule has 8 heteroatoms. The fourth-order valence-electron chi connectivity index (χ4n) is 3.11. The Hall–Kier alpha value is -3.16. The zero-order chi connectivity index (χ0) is 18.1. The van der Waals surface area contributed by atoms with Crippen LogP contribution in [-0.2, 0) is 0 Å². The molecule has 1 saturated heterocycles. The highest BCUT2D eigenvalue weighted by atomic mass is 16.5. The van der Waals surface area contributed by atoms with Crippen LogP contribution in [0, 0.1) is 6.92 Å². The number of hydrogen-bond acceptors (Lipinski definition) is 6. The largest absolute Gasteiger partial charge is 0.497 e. The van der Waals surface area contributed by atoms with Gasteiger partial charge in [0.1, 0.15) is 11.6 Å². The van der Waals surface area contributed by atoms with Crippen LogP contribution in [0.15, 0.2) is 36.4 Å². The van der Waals surface area contributed by atoms with Crippen LogP contribution in [-0.4, -0.2) is 63.9 Å². The molecule has 1 fully saturated rings. The number of benzene rings is 1. The predicted octanol–water partition coefficient (Wildman–Crippen LogP) is 1.40. The summed E-state index contributed by atoms with van der Waals surface area (Å²) in [5, 5.41) is 12.7. The number of anilines is 1. The van der Waals surface area contributed by atoms with Gasteiger partial charge in [0.2, 0.25) is 0 Å². The van der Waals surface area contributed by atoms with Gasteiger partial charge in [-0.1, -0.05) is 0 Å². The summed E-state index contributed by atoms with van der Waals surface area (Å²) in [5.41, 5.74) is 1.42. The summed E-state index contributed by atoms with van der Waals surface area (Å²) < 4.78 is 6.88. The lowest BCUT2D eigenvalue weighted by Crippen LogP contribution is -2.49. The number of carbonyl (C=O) groups excluding carboxylic acids is 1. The van der Waals surface area contributed by atoms with E-state index in [0.717, 1.165) is 36.1 Å². The molecular formula is C18H20N6O2. The first kappa shape index (κ1) is 16.3. The molecule has 0 saturated carbocycles. The number of aryl methyl sites for hydroxylation is 1. The molecular weight excluding hydrogens is 332 g/mol. The van der Waals surface area contributed by atoms with Crippen molar-refractivity contribution in [3.05, 3.63) is 47.8 Å². The average molecular weight is 352 g/mol. The quantitative estimate of drug-likeness (QED) is 0.709. The van der Waals surface area contributed by atoms with Gasteiger partial charge >= 0.3 is 0 Å². The van der Waals surface area contributed by atoms with Gasteiger partial charge < -0.3 is 14.5 Å². The molecule has 0 unspecified atom stereocenters. The lowest BCUT2D eigenvalue weighted by Gasteiger charge is -2.35. The van der Waals surface area contributed by atoms with Crippen molar-refractivity contribution in [2.45, 2.75) is 6.92 Å². The molecule has 0 spiro atoms. The summed E-state index contributed by atoms with van der Waals surface area (Å²) in [5.74, 6) is 2.43. The van der Waals surface area contributed by atoms with Crippen molar-refractivity contribution in [1.29, 1.82) is 0 Å². The molecule has 1 aliphatic heterocycles. The van der Waals surface area contributed by atoms with Gasteiger partial charge in [-0.05, 0) is 43.3 Å². The Morgan fingerprint density at radius 2 is 1.73 bits per heavy atom. The minimum atomic E-state index is 0.0466. The fraction of sp³-hybridized carbons (Fsp3) is 0.333. The van der Waals surface area contributed by atoms with Crippen molar-refractivity contribution in [3.8, 4) is 5.75 Å². The molecule has 4 rings (SSSR count). The van der Waals surface area contributed by atoms with E-state index >= 15 is 0 Å². The van der Waals surface area contributed by atoms with Gasteiger partial charge in [-0.2, -0.15) is 4.52 Å². The molecule has 0 radical (unpaired) electrons. The van der Waals surface area contributed by atoms with Crippen molar-refractivity contribution in [3.63, 3.8) is 0 Å². The maximum atomic E-state index is 12.7. The standard InChI is InChI=1S/C18H20N6O2/c1-13-19-20-16-7-8-17(21-24(13)16)22-9-11-23(12-10-22)18(25)14-3-5-15(26-2)6-4-14/h3-8H,9-12H2,1-2H3. The van der Waals surface area contributed by atoms with Crippen molar-refractivity contribution < 1.29 is 9.53 Å². The van der Waals surface area contributed by atoms with E-state index in [-0.39, 0.29) is 5.91 Å². The van der Waals surface area contributed by atoms with E-state index in [1.54, 1.807) is 23.8 Å². The average Bonchev–Trinajstić information content (AvgIpc) is 3.08. The summed E-state index contributed by atoms with van der Waals surface area (Å²) in [4.78, 5) is 16.7. The minimum absolute atomic E-state index is 0.0466. The molecule has 0 bridgehead atoms. The molecule has 3 heterocycles. The second kappa shape index (κ2) is 6.62. The number of amides is 1. The third-order valence-corrected chi connectivity index (χ3v) is 4.63. The van der Waals surface area contributed by atoms with E-state index in [1.165, 1.54) is 0 Å². The zero-order valence-electron chi connectivity index (χ0n) is 14.8. The van der Waals surface area contributed by atoms with E-state index in [9.17, 15) is 4.79 Å². The summed E-state index contributed by atoms with van der Waals surface area (Å²) in [7, 11) is 1.61. The molecule has 1 aromatic carbocycles. The summed E-state index contributed by atoms with van der Waals surface area (Å²) in [6.45, 7) is 4.67. The summed E-state index contributed by atoms with van der Waals surface area (Å²) >= 11 is 0. The van der Waals surface area contributed by atoms with E-state index in [4.69, 9.17) is 4.74 Å². The molecule has 0 atom stereocenters. The lowest BCUT2D eigenvalue weighted by molar-refractivity contribution is 0.0746. The SMILES string of the molecule is COc1ccc(C(=O)N2CCN(c3ccc4nnc(C)n4n3)CC2)cc1. The van der Waals surface area contributed by atoms with Crippen LogP contribution in [0.2, 0.25) is 0 Å². The number of rotatable bonds is 3. The van der Waals surface area contributed by atoms with Crippen molar-refractivity contribution in [2.24, 2.45) is 0 Å². The molecule has 1 aliphatic rings. The number of aromatic nitrogens is 4. The third kappa shape index (κ3) is 2.94. The molecule has 3 aromatic rings. The number of methoxy groups -OCH3 is 1. The first-order chi connectivity index (χ1) is 12.7. The Morgan fingerprint density at radius 3 is 2.42 bits per heavy atom. The van der Waals surface area contributed by atoms with Crippen LogP contribution in [0.25, 0.3) is 5.65 Å². The van der Waals surface area contributed by atoms with E-state index in [0.29, 0.717) is 18.7 Å². The van der Waals surface area contributed by atoms with E-state index in [1.807, 2.05) is 36.1 Å². The van der Waals surface area contributed by atoms with Gasteiger partial charge in [-0.3, -0.25) is 4.79 Å². The number of ether oxygens (including phenoxy) is 1. The number of nitrogens with zero attached hydrogens (tertiary/aromatic N) is 6. The molecule has 0 aliphatic carbocycles. The number of fused-ring (bicyclic) bond motifs is 1. The van der Waals surface area contributed by atoms with Crippen LogP contribution in [0.5, 0.6) is 5.75 Å². The highest BCUT2D eigenvalue weighted by molar-refractivity contribution is 5.94. The van der Waals surface area contributed by atoms with Gasteiger partial charge in [0.25, 0.3) is 5.91 Å². The van der Waals surface area contributed by atoms with Gasteiger partial charge in [-0.25, -0.2) is 0 Å². The van der Waals surface area contributed by atoms with Gasteiger partial charge in [0, 0.05) is 31.7 Å². The van der Waals surface area contributed by atoms with Gasteiger partial charge in [0.15, 0.2) is 11.5 Å². The molecule has 26 heavy (non-hydrogen) atoms. The maximum Gasteiger partial charge on any atom is 0.253 e. The predicted molar refractivity (Wildman–Crippen MR) is 96.6 cm³/mol. The van der Waals surface area contributed by atoms with Gasteiger partial charge in [0.05, 0.1) is 7.11 Å².